The van der Waals surface area contributed by atoms with E-state index in [9.17, 15) is 9.18 Å². The monoisotopic (exact) mass is 456 g/mol. The molecule has 1 aliphatic rings. The molecule has 5 rings (SSSR count). The summed E-state index contributed by atoms with van der Waals surface area (Å²) in [5.41, 5.74) is 4.91. The average Bonchev–Trinajstić information content (AvgIpc) is 3.48. The van der Waals surface area contributed by atoms with Crippen LogP contribution in [-0.2, 0) is 11.3 Å². The average molecular weight is 457 g/mol. The van der Waals surface area contributed by atoms with Crippen LogP contribution in [0.1, 0.15) is 23.6 Å². The van der Waals surface area contributed by atoms with Crippen LogP contribution in [0, 0.1) is 19.7 Å². The molecule has 172 valence electrons. The summed E-state index contributed by atoms with van der Waals surface area (Å²) in [5.74, 6) is 1.14. The zero-order chi connectivity index (χ0) is 23.7. The molecule has 2 aromatic heterocycles. The number of halogens is 1. The van der Waals surface area contributed by atoms with E-state index >= 15 is 0 Å². The molecule has 0 bridgehead atoms. The van der Waals surface area contributed by atoms with Gasteiger partial charge in [0.05, 0.1) is 17.6 Å². The number of aromatic nitrogens is 3. The highest BCUT2D eigenvalue weighted by atomic mass is 19.1. The highest BCUT2D eigenvalue weighted by Gasteiger charge is 2.22. The first kappa shape index (κ1) is 21.8. The van der Waals surface area contributed by atoms with Crippen molar-refractivity contribution < 1.29 is 13.6 Å². The number of carbonyl (C=O) groups excluding carboxylic acids is 1. The number of hydrogen-bond acceptors (Lipinski definition) is 4. The van der Waals surface area contributed by atoms with Crippen LogP contribution in [0.3, 0.4) is 0 Å². The molecule has 0 saturated carbocycles. The Kier molecular flexibility index (Phi) is 5.84. The maximum absolute atomic E-state index is 13.8. The molecule has 1 amide bonds. The Balaban J connectivity index is 1.40. The van der Waals surface area contributed by atoms with Crippen molar-refractivity contribution in [1.82, 2.24) is 19.7 Å². The maximum atomic E-state index is 13.8. The predicted molar refractivity (Wildman–Crippen MR) is 128 cm³/mol. The van der Waals surface area contributed by atoms with E-state index in [2.05, 4.69) is 4.98 Å². The molecule has 0 unspecified atom stereocenters. The van der Waals surface area contributed by atoms with Crippen molar-refractivity contribution in [3.8, 4) is 22.5 Å². The minimum absolute atomic E-state index is 0.0130. The van der Waals surface area contributed by atoms with E-state index in [0.29, 0.717) is 36.7 Å². The largest absolute Gasteiger partial charge is 0.442 e. The Hall–Kier alpha value is -4.00. The standard InChI is InChI=1S/C27H25FN4O2/c1-18-14-22(8-9-23(18)28)24-15-25(20-6-4-3-5-7-20)32(30-24)17-26(33)31-12-10-21(11-13-31)27-29-16-19(2)34-27/h3-10,14-16H,11-13,17H2,1-2H3. The van der Waals surface area contributed by atoms with E-state index in [1.807, 2.05) is 54.3 Å². The first-order valence-electron chi connectivity index (χ1n) is 11.3. The van der Waals surface area contributed by atoms with Crippen molar-refractivity contribution in [2.75, 3.05) is 13.1 Å². The second-order valence-electron chi connectivity index (χ2n) is 8.50. The lowest BCUT2D eigenvalue weighted by Gasteiger charge is -2.26. The molecule has 7 heteroatoms. The van der Waals surface area contributed by atoms with E-state index in [0.717, 1.165) is 28.2 Å². The molecule has 0 aliphatic carbocycles. The van der Waals surface area contributed by atoms with Crippen molar-refractivity contribution in [3.05, 3.63) is 89.9 Å². The maximum Gasteiger partial charge on any atom is 0.244 e. The van der Waals surface area contributed by atoms with Crippen molar-refractivity contribution >= 4 is 11.5 Å². The summed E-state index contributed by atoms with van der Waals surface area (Å²) in [6.45, 7) is 4.81. The van der Waals surface area contributed by atoms with Gasteiger partial charge in [0, 0.05) is 24.2 Å². The summed E-state index contributed by atoms with van der Waals surface area (Å²) in [7, 11) is 0. The predicted octanol–water partition coefficient (Wildman–Crippen LogP) is 5.28. The molecule has 4 aromatic rings. The van der Waals surface area contributed by atoms with Gasteiger partial charge in [0.25, 0.3) is 0 Å². The molecular weight excluding hydrogens is 431 g/mol. The van der Waals surface area contributed by atoms with Crippen LogP contribution >= 0.6 is 0 Å². The molecule has 0 fully saturated rings. The zero-order valence-corrected chi connectivity index (χ0v) is 19.2. The highest BCUT2D eigenvalue weighted by Crippen LogP contribution is 2.28. The van der Waals surface area contributed by atoms with Gasteiger partial charge in [0.2, 0.25) is 11.8 Å². The number of carbonyl (C=O) groups is 1. The second kappa shape index (κ2) is 9.09. The molecule has 0 atom stereocenters. The van der Waals surface area contributed by atoms with E-state index in [1.54, 1.807) is 29.9 Å². The Labute approximate surface area is 197 Å². The molecule has 0 saturated heterocycles. The quantitative estimate of drug-likeness (QED) is 0.410. The van der Waals surface area contributed by atoms with E-state index in [1.165, 1.54) is 6.07 Å². The summed E-state index contributed by atoms with van der Waals surface area (Å²) >= 11 is 0. The fourth-order valence-corrected chi connectivity index (χ4v) is 4.14. The Morgan fingerprint density at radius 3 is 2.59 bits per heavy atom. The SMILES string of the molecule is Cc1cnc(C2=CCN(C(=O)Cn3nc(-c4ccc(F)c(C)c4)cc3-c3ccccc3)CC2)o1. The highest BCUT2D eigenvalue weighted by molar-refractivity contribution is 5.79. The first-order chi connectivity index (χ1) is 16.5. The molecule has 1 aliphatic heterocycles. The zero-order valence-electron chi connectivity index (χ0n) is 19.2. The number of hydrogen-bond donors (Lipinski definition) is 0. The molecule has 6 nitrogen and oxygen atoms in total. The minimum Gasteiger partial charge on any atom is -0.442 e. The molecule has 0 N–H and O–H groups in total. The van der Waals surface area contributed by atoms with Gasteiger partial charge in [-0.25, -0.2) is 9.37 Å². The van der Waals surface area contributed by atoms with Gasteiger partial charge in [-0.3, -0.25) is 9.48 Å². The van der Waals surface area contributed by atoms with Crippen LogP contribution in [0.25, 0.3) is 28.1 Å². The van der Waals surface area contributed by atoms with Crippen molar-refractivity contribution in [2.24, 2.45) is 0 Å². The van der Waals surface area contributed by atoms with Gasteiger partial charge in [0.1, 0.15) is 18.1 Å². The summed E-state index contributed by atoms with van der Waals surface area (Å²) in [6, 6.07) is 16.7. The summed E-state index contributed by atoms with van der Waals surface area (Å²) in [5, 5.41) is 4.73. The van der Waals surface area contributed by atoms with Crippen molar-refractivity contribution in [1.29, 1.82) is 0 Å². The molecule has 3 heterocycles. The number of oxazole rings is 1. The number of benzene rings is 2. The molecule has 0 radical (unpaired) electrons. The summed E-state index contributed by atoms with van der Waals surface area (Å²) < 4.78 is 21.1. The molecule has 34 heavy (non-hydrogen) atoms. The fraction of sp³-hybridized carbons (Fsp3) is 0.222. The van der Waals surface area contributed by atoms with Crippen LogP contribution in [0.2, 0.25) is 0 Å². The van der Waals surface area contributed by atoms with Crippen LogP contribution < -0.4 is 0 Å². The molecule has 0 spiro atoms. The third-order valence-electron chi connectivity index (χ3n) is 6.05. The Morgan fingerprint density at radius 1 is 1.09 bits per heavy atom. The topological polar surface area (TPSA) is 64.2 Å². The van der Waals surface area contributed by atoms with Gasteiger partial charge in [-0.05, 0) is 55.7 Å². The van der Waals surface area contributed by atoms with Gasteiger partial charge in [-0.15, -0.1) is 0 Å². The lowest BCUT2D eigenvalue weighted by molar-refractivity contribution is -0.131. The van der Waals surface area contributed by atoms with Crippen LogP contribution in [-0.4, -0.2) is 38.7 Å². The second-order valence-corrected chi connectivity index (χ2v) is 8.50. The van der Waals surface area contributed by atoms with Gasteiger partial charge in [-0.2, -0.15) is 5.10 Å². The van der Waals surface area contributed by atoms with Gasteiger partial charge < -0.3 is 9.32 Å². The van der Waals surface area contributed by atoms with Gasteiger partial charge in [-0.1, -0.05) is 36.4 Å². The lowest BCUT2D eigenvalue weighted by atomic mass is 10.1. The van der Waals surface area contributed by atoms with Gasteiger partial charge in [0.15, 0.2) is 0 Å². The first-order valence-corrected chi connectivity index (χ1v) is 11.3. The van der Waals surface area contributed by atoms with E-state index in [4.69, 9.17) is 9.52 Å². The van der Waals surface area contributed by atoms with Crippen molar-refractivity contribution in [3.63, 3.8) is 0 Å². The minimum atomic E-state index is -0.251. The fourth-order valence-electron chi connectivity index (χ4n) is 4.14. The smallest absolute Gasteiger partial charge is 0.244 e. The third-order valence-corrected chi connectivity index (χ3v) is 6.05. The third kappa shape index (κ3) is 4.41. The summed E-state index contributed by atoms with van der Waals surface area (Å²) in [6.07, 6.45) is 4.40. The van der Waals surface area contributed by atoms with Gasteiger partial charge >= 0.3 is 0 Å². The molecule has 2 aromatic carbocycles. The molecular formula is C27H25FN4O2. The van der Waals surface area contributed by atoms with E-state index in [-0.39, 0.29) is 18.3 Å². The lowest BCUT2D eigenvalue weighted by Crippen LogP contribution is -2.37. The Bertz CT molecular complexity index is 1370. The van der Waals surface area contributed by atoms with Crippen molar-refractivity contribution in [2.45, 2.75) is 26.8 Å². The number of aryl methyl sites for hydroxylation is 2. The number of nitrogens with zero attached hydrogens (tertiary/aromatic N) is 4. The Morgan fingerprint density at radius 2 is 1.91 bits per heavy atom. The number of amides is 1. The normalized spacial score (nSPS) is 13.7. The van der Waals surface area contributed by atoms with Crippen LogP contribution in [0.5, 0.6) is 0 Å². The van der Waals surface area contributed by atoms with Crippen LogP contribution in [0.4, 0.5) is 4.39 Å². The number of rotatable bonds is 5. The summed E-state index contributed by atoms with van der Waals surface area (Å²) in [4.78, 5) is 19.3. The van der Waals surface area contributed by atoms with E-state index < -0.39 is 0 Å². The van der Waals surface area contributed by atoms with Crippen LogP contribution in [0.15, 0.2) is 71.3 Å².